The zero-order valence-electron chi connectivity index (χ0n) is 13.9. The molecular weight excluding hydrogens is 366 g/mol. The van der Waals surface area contributed by atoms with Crippen LogP contribution in [0.4, 0.5) is 8.78 Å². The lowest BCUT2D eigenvalue weighted by Gasteiger charge is -2.08. The van der Waals surface area contributed by atoms with Gasteiger partial charge in [-0.2, -0.15) is 13.8 Å². The number of hydrogen-bond acceptors (Lipinski definition) is 5. The molecule has 0 aliphatic carbocycles. The number of imidazole rings is 1. The van der Waals surface area contributed by atoms with E-state index in [0.29, 0.717) is 11.4 Å². The molecule has 2 aromatic heterocycles. The Morgan fingerprint density at radius 1 is 1.23 bits per heavy atom. The van der Waals surface area contributed by atoms with Gasteiger partial charge >= 0.3 is 0 Å². The minimum Gasteiger partial charge on any atom is -0.502 e. The van der Waals surface area contributed by atoms with Crippen molar-refractivity contribution in [1.29, 1.82) is 0 Å². The number of hydrogen-bond donors (Lipinski definition) is 1. The second-order valence-electron chi connectivity index (χ2n) is 5.76. The number of benzene rings is 1. The number of aromatic nitrogens is 4. The number of rotatable bonds is 5. The summed E-state index contributed by atoms with van der Waals surface area (Å²) in [5.41, 5.74) is 1.20. The van der Waals surface area contributed by atoms with E-state index in [9.17, 15) is 13.9 Å². The summed E-state index contributed by atoms with van der Waals surface area (Å²) in [4.78, 5) is 11.4. The molecular formula is C17H15ClF2N4O2. The third-order valence-electron chi connectivity index (χ3n) is 3.62. The van der Waals surface area contributed by atoms with Crippen LogP contribution >= 0.6 is 11.6 Å². The van der Waals surface area contributed by atoms with Gasteiger partial charge in [-0.05, 0) is 17.2 Å². The van der Waals surface area contributed by atoms with Gasteiger partial charge in [0.2, 0.25) is 5.28 Å². The highest BCUT2D eigenvalue weighted by atomic mass is 35.5. The highest BCUT2D eigenvalue weighted by Crippen LogP contribution is 2.29. The van der Waals surface area contributed by atoms with Crippen molar-refractivity contribution in [3.63, 3.8) is 0 Å². The lowest BCUT2D eigenvalue weighted by Crippen LogP contribution is -2.07. The van der Waals surface area contributed by atoms with Gasteiger partial charge in [0.1, 0.15) is 18.1 Å². The maximum absolute atomic E-state index is 13.4. The molecule has 0 saturated heterocycles. The number of aromatic hydroxyl groups is 1. The van der Waals surface area contributed by atoms with E-state index >= 15 is 0 Å². The molecule has 0 radical (unpaired) electrons. The first kappa shape index (κ1) is 18.1. The van der Waals surface area contributed by atoms with Crippen molar-refractivity contribution in [1.82, 2.24) is 19.5 Å². The molecule has 0 aliphatic heterocycles. The number of alkyl halides is 2. The molecule has 26 heavy (non-hydrogen) atoms. The SMILES string of the molecule is Cn1cc(C(C)(F)F)nc1-c1ccc(COc2nc(Cl)ncc2O)cc1. The lowest BCUT2D eigenvalue weighted by atomic mass is 10.1. The van der Waals surface area contributed by atoms with Crippen molar-refractivity contribution in [3.8, 4) is 23.0 Å². The monoisotopic (exact) mass is 380 g/mol. The van der Waals surface area contributed by atoms with E-state index in [4.69, 9.17) is 16.3 Å². The Morgan fingerprint density at radius 2 is 1.92 bits per heavy atom. The highest BCUT2D eigenvalue weighted by molar-refractivity contribution is 6.28. The molecule has 0 amide bonds. The van der Waals surface area contributed by atoms with Crippen molar-refractivity contribution in [2.75, 3.05) is 0 Å². The number of halogens is 3. The van der Waals surface area contributed by atoms with E-state index in [0.717, 1.165) is 18.7 Å². The fraction of sp³-hybridized carbons (Fsp3) is 0.235. The first-order valence-electron chi connectivity index (χ1n) is 7.59. The summed E-state index contributed by atoms with van der Waals surface area (Å²) < 4.78 is 33.8. The number of aryl methyl sites for hydroxylation is 1. The zero-order chi connectivity index (χ0) is 18.9. The Morgan fingerprint density at radius 3 is 2.54 bits per heavy atom. The average molecular weight is 381 g/mol. The van der Waals surface area contributed by atoms with Crippen LogP contribution in [0.25, 0.3) is 11.4 Å². The fourth-order valence-corrected chi connectivity index (χ4v) is 2.42. The molecule has 0 aliphatic rings. The molecule has 0 spiro atoms. The standard InChI is InChI=1S/C17H15ClF2N4O2/c1-17(19,20)13-8-24(2)14(22-13)11-5-3-10(4-6-11)9-26-15-12(25)7-21-16(18)23-15/h3-8,25H,9H2,1-2H3. The lowest BCUT2D eigenvalue weighted by molar-refractivity contribution is 0.0131. The second kappa shape index (κ2) is 6.87. The Kier molecular flexibility index (Phi) is 4.78. The van der Waals surface area contributed by atoms with Crippen LogP contribution in [-0.4, -0.2) is 24.6 Å². The molecule has 6 nitrogen and oxygen atoms in total. The number of nitrogens with zero attached hydrogens (tertiary/aromatic N) is 4. The highest BCUT2D eigenvalue weighted by Gasteiger charge is 2.28. The first-order valence-corrected chi connectivity index (χ1v) is 7.97. The van der Waals surface area contributed by atoms with Gasteiger partial charge in [-0.25, -0.2) is 9.97 Å². The average Bonchev–Trinajstić information content (AvgIpc) is 2.98. The van der Waals surface area contributed by atoms with Crippen LogP contribution in [-0.2, 0) is 19.6 Å². The van der Waals surface area contributed by atoms with Crippen molar-refractivity contribution in [2.24, 2.45) is 7.05 Å². The zero-order valence-corrected chi connectivity index (χ0v) is 14.7. The van der Waals surface area contributed by atoms with E-state index in [1.54, 1.807) is 35.9 Å². The van der Waals surface area contributed by atoms with E-state index < -0.39 is 5.92 Å². The molecule has 2 heterocycles. The molecule has 0 atom stereocenters. The fourth-order valence-electron chi connectivity index (χ4n) is 2.29. The topological polar surface area (TPSA) is 73.1 Å². The molecule has 0 fully saturated rings. The summed E-state index contributed by atoms with van der Waals surface area (Å²) in [7, 11) is 1.66. The van der Waals surface area contributed by atoms with Gasteiger partial charge in [0.15, 0.2) is 5.75 Å². The van der Waals surface area contributed by atoms with E-state index in [1.165, 1.54) is 6.20 Å². The normalized spacial score (nSPS) is 11.6. The summed E-state index contributed by atoms with van der Waals surface area (Å²) in [5.74, 6) is -2.79. The molecule has 0 bridgehead atoms. The van der Waals surface area contributed by atoms with Crippen LogP contribution < -0.4 is 4.74 Å². The van der Waals surface area contributed by atoms with Crippen LogP contribution in [0.1, 0.15) is 18.2 Å². The molecule has 1 aromatic carbocycles. The summed E-state index contributed by atoms with van der Waals surface area (Å²) >= 11 is 5.66. The number of ether oxygens (including phenoxy) is 1. The van der Waals surface area contributed by atoms with Gasteiger partial charge in [0, 0.05) is 25.7 Å². The molecule has 1 N–H and O–H groups in total. The molecule has 136 valence electrons. The third-order valence-corrected chi connectivity index (χ3v) is 3.80. The second-order valence-corrected chi connectivity index (χ2v) is 6.10. The minimum absolute atomic E-state index is 0.0204. The Hall–Kier alpha value is -2.74. The molecule has 3 rings (SSSR count). The van der Waals surface area contributed by atoms with E-state index in [1.807, 2.05) is 0 Å². The van der Waals surface area contributed by atoms with Crippen LogP contribution in [0.2, 0.25) is 5.28 Å². The maximum Gasteiger partial charge on any atom is 0.288 e. The van der Waals surface area contributed by atoms with Crippen molar-refractivity contribution in [2.45, 2.75) is 19.5 Å². The van der Waals surface area contributed by atoms with Gasteiger partial charge in [-0.15, -0.1) is 0 Å². The van der Waals surface area contributed by atoms with Crippen LogP contribution in [0, 0.1) is 0 Å². The Balaban J connectivity index is 1.75. The van der Waals surface area contributed by atoms with Gasteiger partial charge in [-0.3, -0.25) is 0 Å². The molecule has 3 aromatic rings. The quantitative estimate of drug-likeness (QED) is 0.679. The molecule has 9 heteroatoms. The van der Waals surface area contributed by atoms with Crippen LogP contribution in [0.5, 0.6) is 11.6 Å². The predicted octanol–water partition coefficient (Wildman–Crippen LogP) is 3.93. The van der Waals surface area contributed by atoms with Gasteiger partial charge < -0.3 is 14.4 Å². The van der Waals surface area contributed by atoms with E-state index in [2.05, 4.69) is 15.0 Å². The third kappa shape index (κ3) is 3.91. The Labute approximate surface area is 153 Å². The van der Waals surface area contributed by atoms with E-state index in [-0.39, 0.29) is 29.2 Å². The van der Waals surface area contributed by atoms with Crippen LogP contribution in [0.15, 0.2) is 36.7 Å². The van der Waals surface area contributed by atoms with Crippen LogP contribution in [0.3, 0.4) is 0 Å². The molecule has 0 unspecified atom stereocenters. The van der Waals surface area contributed by atoms with Crippen molar-refractivity contribution >= 4 is 11.6 Å². The summed E-state index contributed by atoms with van der Waals surface area (Å²) in [5, 5.41) is 9.59. The Bertz CT molecular complexity index is 924. The minimum atomic E-state index is -3.00. The van der Waals surface area contributed by atoms with Crippen molar-refractivity contribution in [3.05, 3.63) is 53.2 Å². The predicted molar refractivity (Wildman–Crippen MR) is 91.3 cm³/mol. The maximum atomic E-state index is 13.4. The smallest absolute Gasteiger partial charge is 0.288 e. The summed E-state index contributed by atoms with van der Waals surface area (Å²) in [6, 6.07) is 7.05. The summed E-state index contributed by atoms with van der Waals surface area (Å²) in [6.07, 6.45) is 2.46. The molecule has 0 saturated carbocycles. The van der Waals surface area contributed by atoms with Gasteiger partial charge in [0.25, 0.3) is 11.8 Å². The van der Waals surface area contributed by atoms with Crippen molar-refractivity contribution < 1.29 is 18.6 Å². The van der Waals surface area contributed by atoms with Gasteiger partial charge in [0.05, 0.1) is 6.20 Å². The largest absolute Gasteiger partial charge is 0.502 e. The van der Waals surface area contributed by atoms with Gasteiger partial charge in [-0.1, -0.05) is 24.3 Å². The summed E-state index contributed by atoms with van der Waals surface area (Å²) in [6.45, 7) is 0.953. The first-order chi connectivity index (χ1) is 12.2.